The Bertz CT molecular complexity index is 1440. The monoisotopic (exact) mass is 555 g/mol. The number of nitrogens with one attached hydrogen (secondary N) is 1. The van der Waals surface area contributed by atoms with Crippen LogP contribution in [0.4, 0.5) is 16.6 Å². The maximum Gasteiger partial charge on any atom is 0.277 e. The lowest BCUT2D eigenvalue weighted by molar-refractivity contribution is 0.102. The van der Waals surface area contributed by atoms with Gasteiger partial charge in [0.15, 0.2) is 22.3 Å². The smallest absolute Gasteiger partial charge is 0.277 e. The first-order valence-corrected chi connectivity index (χ1v) is 13.1. The summed E-state index contributed by atoms with van der Waals surface area (Å²) in [7, 11) is 0. The van der Waals surface area contributed by atoms with E-state index in [1.54, 1.807) is 12.3 Å². The Labute approximate surface area is 230 Å². The second-order valence-corrected chi connectivity index (χ2v) is 10.2. The van der Waals surface area contributed by atoms with Crippen LogP contribution in [0.1, 0.15) is 29.0 Å². The van der Waals surface area contributed by atoms with Gasteiger partial charge in [-0.25, -0.2) is 9.97 Å². The van der Waals surface area contributed by atoms with Crippen LogP contribution in [0.15, 0.2) is 35.1 Å². The Morgan fingerprint density at radius 1 is 1.16 bits per heavy atom. The van der Waals surface area contributed by atoms with Crippen LogP contribution >= 0.6 is 24.8 Å². The molecule has 4 aromatic heterocycles. The number of thiazole rings is 1. The lowest BCUT2D eigenvalue weighted by Gasteiger charge is -2.32. The van der Waals surface area contributed by atoms with Crippen molar-refractivity contribution in [2.75, 3.05) is 54.5 Å². The maximum absolute atomic E-state index is 13.2. The van der Waals surface area contributed by atoms with E-state index >= 15 is 0 Å². The van der Waals surface area contributed by atoms with Gasteiger partial charge in [0.25, 0.3) is 5.91 Å². The van der Waals surface area contributed by atoms with Gasteiger partial charge in [0.05, 0.1) is 29.7 Å². The normalized spacial score (nSPS) is 17.9. The third-order valence-corrected chi connectivity index (χ3v) is 7.51. The second kappa shape index (κ2) is 11.2. The number of aliphatic hydroxyl groups is 1. The molecule has 2 saturated heterocycles. The number of hydrogen-bond donors (Lipinski definition) is 2. The number of piperidine rings is 1. The number of anilines is 3. The maximum atomic E-state index is 13.2. The Balaban J connectivity index is 0.00000294. The number of morpholine rings is 1. The molecule has 0 aliphatic carbocycles. The summed E-state index contributed by atoms with van der Waals surface area (Å²) in [6, 6.07) is 5.54. The highest BCUT2D eigenvalue weighted by Gasteiger charge is 2.25. The number of oxazole rings is 1. The fraction of sp³-hybridized carbons (Fsp3) is 0.400. The predicted octanol–water partition coefficient (Wildman–Crippen LogP) is 3.21. The van der Waals surface area contributed by atoms with Gasteiger partial charge in [-0.05, 0) is 38.0 Å². The summed E-state index contributed by atoms with van der Waals surface area (Å²) in [4.78, 5) is 35.6. The number of pyridine rings is 2. The molecule has 6 heterocycles. The zero-order valence-corrected chi connectivity index (χ0v) is 22.7. The number of fused-ring (bicyclic) bond motifs is 1. The number of carbonyl (C=O) groups is 1. The van der Waals surface area contributed by atoms with Crippen LogP contribution in [0, 0.1) is 6.92 Å². The van der Waals surface area contributed by atoms with Crippen LogP contribution in [0.3, 0.4) is 0 Å². The van der Waals surface area contributed by atoms with Gasteiger partial charge in [-0.1, -0.05) is 11.3 Å². The standard InChI is InChI=1S/C25H27N7O4S.H2S/c1-15-11-16(4-5-26-15)24-28-19(14-36-24)23(34)27-18-12-20-21(29-22(18)32-6-2-3-17(33)13-32)30-25(37-20)31-7-9-35-10-8-31;/h4-5,11-12,14,17,33H,2-3,6-10,13H2,1H3,(H,27,34);1H2/t17-;/m0./s1. The summed E-state index contributed by atoms with van der Waals surface area (Å²) < 4.78 is 11.9. The highest BCUT2D eigenvalue weighted by molar-refractivity contribution is 7.59. The first-order chi connectivity index (χ1) is 18.0. The lowest BCUT2D eigenvalue weighted by atomic mass is 10.1. The summed E-state index contributed by atoms with van der Waals surface area (Å²) in [6.07, 6.45) is 4.15. The summed E-state index contributed by atoms with van der Waals surface area (Å²) in [5.41, 5.74) is 2.91. The molecule has 6 rings (SSSR count). The Hall–Kier alpha value is -3.26. The molecule has 0 radical (unpaired) electrons. The molecule has 2 aliphatic heterocycles. The lowest BCUT2D eigenvalue weighted by Crippen LogP contribution is -2.39. The van der Waals surface area contributed by atoms with Crippen LogP contribution in [-0.2, 0) is 4.74 Å². The van der Waals surface area contributed by atoms with Gasteiger partial charge in [0.1, 0.15) is 6.26 Å². The Morgan fingerprint density at radius 2 is 2.00 bits per heavy atom. The van der Waals surface area contributed by atoms with Crippen LogP contribution < -0.4 is 15.1 Å². The van der Waals surface area contributed by atoms with Gasteiger partial charge in [-0.2, -0.15) is 18.5 Å². The molecule has 200 valence electrons. The minimum absolute atomic E-state index is 0. The molecule has 2 fully saturated rings. The Morgan fingerprint density at radius 3 is 2.79 bits per heavy atom. The van der Waals surface area contributed by atoms with E-state index in [9.17, 15) is 9.90 Å². The quantitative estimate of drug-likeness (QED) is 0.379. The SMILES string of the molecule is Cc1cc(-c2nc(C(=O)Nc3cc4sc(N5CCOCC5)nc4nc3N3CCC[C@H](O)C3)co2)ccn1.S. The summed E-state index contributed by atoms with van der Waals surface area (Å²) in [5.74, 6) is 0.534. The molecule has 0 spiro atoms. The molecular weight excluding hydrogens is 526 g/mol. The van der Waals surface area contributed by atoms with E-state index in [0.717, 1.165) is 53.6 Å². The van der Waals surface area contributed by atoms with E-state index in [1.165, 1.54) is 17.6 Å². The number of hydrogen-bond acceptors (Lipinski definition) is 11. The van der Waals surface area contributed by atoms with E-state index < -0.39 is 12.0 Å². The molecule has 11 nitrogen and oxygen atoms in total. The van der Waals surface area contributed by atoms with Crippen LogP contribution in [0.5, 0.6) is 0 Å². The second-order valence-electron chi connectivity index (χ2n) is 9.20. The van der Waals surface area contributed by atoms with Crippen molar-refractivity contribution in [1.82, 2.24) is 19.9 Å². The fourth-order valence-electron chi connectivity index (χ4n) is 4.59. The van der Waals surface area contributed by atoms with Crippen molar-refractivity contribution in [1.29, 1.82) is 0 Å². The molecule has 1 atom stereocenters. The minimum Gasteiger partial charge on any atom is -0.444 e. The van der Waals surface area contributed by atoms with Gasteiger partial charge < -0.3 is 29.4 Å². The van der Waals surface area contributed by atoms with Gasteiger partial charge in [-0.15, -0.1) is 0 Å². The van der Waals surface area contributed by atoms with Crippen molar-refractivity contribution in [3.8, 4) is 11.5 Å². The van der Waals surface area contributed by atoms with E-state index in [-0.39, 0.29) is 19.2 Å². The van der Waals surface area contributed by atoms with E-state index in [1.807, 2.05) is 24.0 Å². The molecule has 0 aromatic carbocycles. The van der Waals surface area contributed by atoms with Crippen molar-refractivity contribution in [3.05, 3.63) is 42.0 Å². The van der Waals surface area contributed by atoms with Crippen LogP contribution in [-0.4, -0.2) is 76.4 Å². The molecule has 1 amide bonds. The number of aromatic nitrogens is 4. The third-order valence-electron chi connectivity index (χ3n) is 6.46. The summed E-state index contributed by atoms with van der Waals surface area (Å²) >= 11 is 1.54. The molecule has 4 aromatic rings. The minimum atomic E-state index is -0.448. The first-order valence-electron chi connectivity index (χ1n) is 12.3. The van der Waals surface area contributed by atoms with Crippen molar-refractivity contribution in [2.24, 2.45) is 0 Å². The molecular formula is C25H29N7O4S2. The number of aryl methyl sites for hydroxylation is 1. The average Bonchev–Trinajstić information content (AvgIpc) is 3.56. The Kier molecular flexibility index (Phi) is 7.79. The van der Waals surface area contributed by atoms with Gasteiger partial charge in [0, 0.05) is 43.6 Å². The molecule has 0 saturated carbocycles. The van der Waals surface area contributed by atoms with E-state index in [4.69, 9.17) is 19.1 Å². The molecule has 13 heteroatoms. The molecule has 0 unspecified atom stereocenters. The molecule has 38 heavy (non-hydrogen) atoms. The highest BCUT2D eigenvalue weighted by atomic mass is 32.1. The fourth-order valence-corrected chi connectivity index (χ4v) is 5.59. The van der Waals surface area contributed by atoms with Crippen molar-refractivity contribution in [3.63, 3.8) is 0 Å². The number of rotatable bonds is 5. The number of β-amino-alcohol motifs (C(OH)–C–C–N with tert-alkyl or cyclic N) is 1. The zero-order valence-electron chi connectivity index (χ0n) is 20.9. The largest absolute Gasteiger partial charge is 0.444 e. The topological polar surface area (TPSA) is 130 Å². The number of carbonyl (C=O) groups excluding carboxylic acids is 1. The number of ether oxygens (including phenoxy) is 1. The highest BCUT2D eigenvalue weighted by Crippen LogP contribution is 2.36. The van der Waals surface area contributed by atoms with Crippen LogP contribution in [0.2, 0.25) is 0 Å². The van der Waals surface area contributed by atoms with Crippen LogP contribution in [0.25, 0.3) is 21.8 Å². The average molecular weight is 556 g/mol. The molecule has 2 aliphatic rings. The first kappa shape index (κ1) is 26.4. The van der Waals surface area contributed by atoms with E-state index in [0.29, 0.717) is 42.8 Å². The van der Waals surface area contributed by atoms with Gasteiger partial charge in [0.2, 0.25) is 5.89 Å². The summed E-state index contributed by atoms with van der Waals surface area (Å²) in [6.45, 7) is 5.94. The third kappa shape index (κ3) is 5.46. The van der Waals surface area contributed by atoms with Crippen molar-refractivity contribution < 1.29 is 19.1 Å². The molecule has 0 bridgehead atoms. The van der Waals surface area contributed by atoms with E-state index in [2.05, 4.69) is 20.2 Å². The zero-order chi connectivity index (χ0) is 25.4. The van der Waals surface area contributed by atoms with Gasteiger partial charge >= 0.3 is 0 Å². The number of nitrogens with zero attached hydrogens (tertiary/aromatic N) is 6. The summed E-state index contributed by atoms with van der Waals surface area (Å²) in [5, 5.41) is 14.2. The number of amides is 1. The van der Waals surface area contributed by atoms with Crippen molar-refractivity contribution in [2.45, 2.75) is 25.9 Å². The van der Waals surface area contributed by atoms with Gasteiger partial charge in [-0.3, -0.25) is 9.78 Å². The number of aliphatic hydroxyl groups excluding tert-OH is 1. The van der Waals surface area contributed by atoms with Crippen molar-refractivity contribution >= 4 is 57.7 Å². The molecule has 2 N–H and O–H groups in total. The predicted molar refractivity (Wildman–Crippen MR) is 151 cm³/mol.